The van der Waals surface area contributed by atoms with Crippen LogP contribution in [-0.4, -0.2) is 75.1 Å². The summed E-state index contributed by atoms with van der Waals surface area (Å²) in [7, 11) is 1.84. The van der Waals surface area contributed by atoms with E-state index in [9.17, 15) is 29.7 Å². The molecule has 1 saturated heterocycles. The lowest BCUT2D eigenvalue weighted by Crippen LogP contribution is -2.63. The molecular weight excluding hydrogens is 436 g/mol. The average molecular weight is 465 g/mol. The van der Waals surface area contributed by atoms with E-state index in [1.54, 1.807) is 19.9 Å². The number of hydrogen-bond donors (Lipinski definition) is 3. The fourth-order valence-electron chi connectivity index (χ4n) is 4.75. The lowest BCUT2D eigenvalue weighted by Gasteiger charge is -2.46. The number of nitrogens with zero attached hydrogens (tertiary/aromatic N) is 2. The molecule has 2 aliphatic heterocycles. The summed E-state index contributed by atoms with van der Waals surface area (Å²) in [5, 5.41) is 29.6. The fourth-order valence-corrected chi connectivity index (χ4v) is 5.02. The Morgan fingerprint density at radius 2 is 1.97 bits per heavy atom. The monoisotopic (exact) mass is 464 g/mol. The summed E-state index contributed by atoms with van der Waals surface area (Å²) in [6.07, 6.45) is -0.0380. The number of likely N-dealkylation sites (N-methyl/N-ethyl adjacent to an activating group) is 1. The molecule has 32 heavy (non-hydrogen) atoms. The van der Waals surface area contributed by atoms with Crippen LogP contribution in [0.3, 0.4) is 0 Å². The molecule has 0 saturated carbocycles. The van der Waals surface area contributed by atoms with Crippen LogP contribution in [0.2, 0.25) is 5.02 Å². The van der Waals surface area contributed by atoms with Gasteiger partial charge in [0.2, 0.25) is 5.91 Å². The van der Waals surface area contributed by atoms with Crippen molar-refractivity contribution >= 4 is 29.3 Å². The molecule has 0 unspecified atom stereocenters. The van der Waals surface area contributed by atoms with Crippen LogP contribution < -0.4 is 0 Å². The van der Waals surface area contributed by atoms with Crippen molar-refractivity contribution in [3.8, 4) is 5.75 Å². The van der Waals surface area contributed by atoms with Crippen molar-refractivity contribution < 1.29 is 29.7 Å². The van der Waals surface area contributed by atoms with Crippen molar-refractivity contribution in [3.05, 3.63) is 39.6 Å². The Morgan fingerprint density at radius 1 is 1.31 bits per heavy atom. The number of phenols is 1. The highest BCUT2D eigenvalue weighted by atomic mass is 35.5. The number of aliphatic hydroxyl groups excluding tert-OH is 1. The number of carboxylic acid groups (broad SMARTS) is 1. The second-order valence-corrected chi connectivity index (χ2v) is 9.22. The number of carboxylic acids is 1. The van der Waals surface area contributed by atoms with Gasteiger partial charge in [0, 0.05) is 24.4 Å². The smallest absolute Gasteiger partial charge is 0.352 e. The van der Waals surface area contributed by atoms with Gasteiger partial charge in [-0.05, 0) is 57.1 Å². The van der Waals surface area contributed by atoms with Gasteiger partial charge in [-0.15, -0.1) is 0 Å². The highest BCUT2D eigenvalue weighted by Crippen LogP contribution is 2.47. The van der Waals surface area contributed by atoms with Gasteiger partial charge in [-0.3, -0.25) is 9.59 Å². The van der Waals surface area contributed by atoms with E-state index in [4.69, 9.17) is 11.6 Å². The number of amides is 1. The summed E-state index contributed by atoms with van der Waals surface area (Å²) in [6, 6.07) is 2.61. The van der Waals surface area contributed by atoms with E-state index in [0.717, 1.165) is 0 Å². The number of ketones is 1. The summed E-state index contributed by atoms with van der Waals surface area (Å²) < 4.78 is 0. The van der Waals surface area contributed by atoms with Crippen molar-refractivity contribution in [2.75, 3.05) is 20.1 Å². The number of rotatable bonds is 9. The highest BCUT2D eigenvalue weighted by Gasteiger charge is 2.59. The van der Waals surface area contributed by atoms with Crippen LogP contribution in [0, 0.1) is 18.8 Å². The third-order valence-electron chi connectivity index (χ3n) is 6.49. The van der Waals surface area contributed by atoms with Gasteiger partial charge in [0.1, 0.15) is 11.4 Å². The molecule has 1 aromatic rings. The number of aliphatic hydroxyl groups is 1. The third-order valence-corrected chi connectivity index (χ3v) is 6.80. The summed E-state index contributed by atoms with van der Waals surface area (Å²) in [6.45, 7) is 6.03. The molecule has 0 radical (unpaired) electrons. The minimum absolute atomic E-state index is 0.0127. The lowest BCUT2D eigenvalue weighted by molar-refractivity contribution is -0.163. The van der Waals surface area contributed by atoms with Crippen LogP contribution in [0.5, 0.6) is 5.75 Å². The molecule has 0 bridgehead atoms. The first kappa shape index (κ1) is 24.2. The molecule has 1 fully saturated rings. The highest BCUT2D eigenvalue weighted by molar-refractivity contribution is 6.34. The van der Waals surface area contributed by atoms with Gasteiger partial charge in [-0.1, -0.05) is 18.5 Å². The number of benzene rings is 1. The van der Waals surface area contributed by atoms with Crippen molar-refractivity contribution in [1.29, 1.82) is 0 Å². The molecular formula is C23H29ClN2O6. The summed E-state index contributed by atoms with van der Waals surface area (Å²) in [4.78, 5) is 40.1. The molecule has 0 spiro atoms. The lowest BCUT2D eigenvalue weighted by atomic mass is 9.77. The number of aryl methyl sites for hydroxylation is 1. The summed E-state index contributed by atoms with van der Waals surface area (Å²) >= 11 is 6.09. The van der Waals surface area contributed by atoms with Gasteiger partial charge in [0.25, 0.3) is 0 Å². The maximum absolute atomic E-state index is 12.5. The molecule has 3 rings (SSSR count). The zero-order valence-electron chi connectivity index (χ0n) is 18.6. The first-order chi connectivity index (χ1) is 15.0. The van der Waals surface area contributed by atoms with Crippen LogP contribution in [-0.2, 0) is 9.59 Å². The molecule has 3 N–H and O–H groups in total. The zero-order chi connectivity index (χ0) is 23.9. The Balaban J connectivity index is 1.63. The number of Topliss-reactive ketones (excluding diaryl/α,β-unsaturated/α-hetero) is 1. The van der Waals surface area contributed by atoms with E-state index < -0.39 is 18.0 Å². The molecule has 174 valence electrons. The minimum Gasteiger partial charge on any atom is -0.508 e. The van der Waals surface area contributed by atoms with Crippen LogP contribution >= 0.6 is 11.6 Å². The maximum atomic E-state index is 12.5. The first-order valence-electron chi connectivity index (χ1n) is 10.6. The number of aliphatic carboxylic acids is 1. The van der Waals surface area contributed by atoms with Crippen molar-refractivity contribution in [1.82, 2.24) is 9.80 Å². The number of β-lactam (4-membered cyclic amide) rings is 1. The number of carbonyl (C=O) groups is 3. The average Bonchev–Trinajstić information content (AvgIpc) is 2.93. The van der Waals surface area contributed by atoms with Gasteiger partial charge < -0.3 is 25.1 Å². The second kappa shape index (κ2) is 9.21. The van der Waals surface area contributed by atoms with Gasteiger partial charge in [-0.2, -0.15) is 0 Å². The third kappa shape index (κ3) is 4.27. The number of aromatic hydroxyl groups is 1. The predicted octanol–water partition coefficient (Wildman–Crippen LogP) is 2.44. The normalized spacial score (nSPS) is 23.4. The Kier molecular flexibility index (Phi) is 6.97. The van der Waals surface area contributed by atoms with E-state index in [1.807, 2.05) is 18.9 Å². The van der Waals surface area contributed by atoms with Gasteiger partial charge in [0.15, 0.2) is 5.78 Å². The van der Waals surface area contributed by atoms with E-state index in [1.165, 1.54) is 11.0 Å². The topological polar surface area (TPSA) is 118 Å². The number of halogens is 1. The zero-order valence-corrected chi connectivity index (χ0v) is 19.4. The Labute approximate surface area is 192 Å². The fraction of sp³-hybridized carbons (Fsp3) is 0.522. The molecule has 4 atom stereocenters. The largest absolute Gasteiger partial charge is 0.508 e. The van der Waals surface area contributed by atoms with Crippen LogP contribution in [0.15, 0.2) is 23.4 Å². The molecule has 0 aromatic heterocycles. The first-order valence-corrected chi connectivity index (χ1v) is 11.0. The van der Waals surface area contributed by atoms with Crippen LogP contribution in [0.25, 0.3) is 0 Å². The minimum atomic E-state index is -1.15. The van der Waals surface area contributed by atoms with Crippen LogP contribution in [0.1, 0.15) is 42.6 Å². The standard InChI is InChI=1S/C23H29ClN2O6/c1-11-8-14(16(24)9-18(11)29)17(28)6-5-7-25(4)10-15-12(2)20-19(13(3)27)22(30)26(20)21(15)23(31)32/h8-9,12-13,19-20,27,29H,5-7,10H2,1-4H3,(H,31,32)/t12-,13+,19+,20+/m0/s1. The predicted molar refractivity (Wildman–Crippen MR) is 119 cm³/mol. The molecule has 1 amide bonds. The molecule has 2 heterocycles. The second-order valence-electron chi connectivity index (χ2n) is 8.82. The molecule has 8 nitrogen and oxygen atoms in total. The molecule has 0 aliphatic carbocycles. The number of hydrogen-bond acceptors (Lipinski definition) is 6. The maximum Gasteiger partial charge on any atom is 0.352 e. The van der Waals surface area contributed by atoms with Crippen molar-refractivity contribution in [3.63, 3.8) is 0 Å². The molecule has 2 aliphatic rings. The van der Waals surface area contributed by atoms with E-state index in [-0.39, 0.29) is 46.5 Å². The van der Waals surface area contributed by atoms with Gasteiger partial charge in [-0.25, -0.2) is 4.79 Å². The van der Waals surface area contributed by atoms with E-state index in [2.05, 4.69) is 0 Å². The number of carbonyl (C=O) groups excluding carboxylic acids is 2. The van der Waals surface area contributed by atoms with Crippen molar-refractivity contribution in [2.24, 2.45) is 11.8 Å². The Hall–Kier alpha value is -2.42. The Morgan fingerprint density at radius 3 is 2.56 bits per heavy atom. The number of fused-ring (bicyclic) bond motifs is 1. The summed E-state index contributed by atoms with van der Waals surface area (Å²) in [5.41, 5.74) is 1.62. The molecule has 1 aromatic carbocycles. The quantitative estimate of drug-likeness (QED) is 0.379. The molecule has 9 heteroatoms. The van der Waals surface area contributed by atoms with E-state index in [0.29, 0.717) is 36.2 Å². The van der Waals surface area contributed by atoms with Crippen molar-refractivity contribution in [2.45, 2.75) is 45.8 Å². The number of phenolic OH excluding ortho intramolecular Hbond substituents is 1. The van der Waals surface area contributed by atoms with Gasteiger partial charge in [0.05, 0.1) is 23.1 Å². The van der Waals surface area contributed by atoms with Gasteiger partial charge >= 0.3 is 5.97 Å². The summed E-state index contributed by atoms with van der Waals surface area (Å²) in [5.74, 6) is -2.34. The van der Waals surface area contributed by atoms with E-state index >= 15 is 0 Å². The Bertz CT molecular complexity index is 989. The van der Waals surface area contributed by atoms with Crippen LogP contribution in [0.4, 0.5) is 0 Å². The SMILES string of the molecule is Cc1cc(C(=O)CCCN(C)CC2=C(C(=O)O)N3C(=O)[C@H]([C@@H](C)O)[C@H]3[C@H]2C)c(Cl)cc1O.